The lowest BCUT2D eigenvalue weighted by Gasteiger charge is -2.32. The van der Waals surface area contributed by atoms with E-state index in [1.165, 1.54) is 26.1 Å². The van der Waals surface area contributed by atoms with Crippen molar-refractivity contribution in [3.05, 3.63) is 41.3 Å². The summed E-state index contributed by atoms with van der Waals surface area (Å²) < 4.78 is 20.7. The number of ether oxygens (including phenoxy) is 1. The predicted octanol–water partition coefficient (Wildman–Crippen LogP) is 4.16. The van der Waals surface area contributed by atoms with Gasteiger partial charge in [-0.15, -0.1) is 0 Å². The topological polar surface area (TPSA) is 109 Å². The van der Waals surface area contributed by atoms with Crippen molar-refractivity contribution in [2.75, 3.05) is 6.61 Å². The number of halogens is 1. The van der Waals surface area contributed by atoms with Gasteiger partial charge in [0.25, 0.3) is 5.91 Å². The van der Waals surface area contributed by atoms with E-state index in [4.69, 9.17) is 4.74 Å². The highest BCUT2D eigenvalue weighted by Gasteiger charge is 2.33. The zero-order chi connectivity index (χ0) is 25.4. The monoisotopic (exact) mass is 493 g/mol. The van der Waals surface area contributed by atoms with Crippen LogP contribution in [0.15, 0.2) is 24.5 Å². The van der Waals surface area contributed by atoms with Gasteiger partial charge in [-0.25, -0.2) is 14.4 Å². The number of aryl methyl sites for hydroxylation is 2. The first-order chi connectivity index (χ1) is 17.3. The number of aromatic nitrogens is 3. The number of carbonyl (C=O) groups excluding carboxylic acids is 2. The van der Waals surface area contributed by atoms with Crippen LogP contribution in [0, 0.1) is 19.8 Å². The molecule has 3 aromatic rings. The van der Waals surface area contributed by atoms with Crippen LogP contribution in [0.2, 0.25) is 0 Å². The fourth-order valence-electron chi connectivity index (χ4n) is 4.98. The van der Waals surface area contributed by atoms with Gasteiger partial charge in [-0.05, 0) is 57.6 Å². The van der Waals surface area contributed by atoms with Gasteiger partial charge in [0, 0.05) is 30.6 Å². The molecule has 5 rings (SSSR count). The van der Waals surface area contributed by atoms with Gasteiger partial charge in [-0.3, -0.25) is 9.59 Å². The molecule has 2 aliphatic rings. The molecular formula is C27H32FN5O3. The van der Waals surface area contributed by atoms with E-state index in [1.54, 1.807) is 0 Å². The summed E-state index contributed by atoms with van der Waals surface area (Å²) in [7, 11) is 0. The van der Waals surface area contributed by atoms with E-state index in [0.29, 0.717) is 53.4 Å². The highest BCUT2D eigenvalue weighted by Crippen LogP contribution is 2.37. The van der Waals surface area contributed by atoms with E-state index < -0.39 is 12.2 Å². The van der Waals surface area contributed by atoms with E-state index in [1.807, 2.05) is 32.0 Å². The molecule has 2 aliphatic carbocycles. The van der Waals surface area contributed by atoms with Gasteiger partial charge in [0.15, 0.2) is 0 Å². The first-order valence-corrected chi connectivity index (χ1v) is 12.6. The number of nitrogens with one attached hydrogen (secondary N) is 3. The van der Waals surface area contributed by atoms with Gasteiger partial charge in [0.2, 0.25) is 5.91 Å². The van der Waals surface area contributed by atoms with Crippen molar-refractivity contribution in [3.8, 4) is 17.0 Å². The average Bonchev–Trinajstić information content (AvgIpc) is 3.59. The van der Waals surface area contributed by atoms with Crippen LogP contribution in [-0.4, -0.2) is 51.6 Å². The highest BCUT2D eigenvalue weighted by atomic mass is 19.1. The summed E-state index contributed by atoms with van der Waals surface area (Å²) >= 11 is 0. The van der Waals surface area contributed by atoms with Gasteiger partial charge in [-0.2, -0.15) is 0 Å². The number of aromatic amines is 1. The Kier molecular flexibility index (Phi) is 6.64. The smallest absolute Gasteiger partial charge is 0.255 e. The average molecular weight is 494 g/mol. The van der Waals surface area contributed by atoms with Crippen LogP contribution in [0.4, 0.5) is 4.39 Å². The second-order valence-corrected chi connectivity index (χ2v) is 10.1. The molecule has 0 bridgehead atoms. The Hall–Kier alpha value is -3.49. The fourth-order valence-corrected chi connectivity index (χ4v) is 4.98. The molecule has 9 heteroatoms. The standard InChI is InChI=1S/C27H32FN5O3/c1-14-4-9-22(36-12-17-5-6-17)19(10-14)24-26-25(30-13-29-24)23(15(2)31-26)27(35)33-18-7-8-21(20(28)11-18)32-16(3)34/h4,9-10,13,17-18,20-21,31H,5-8,11-12H2,1-3H3,(H,32,34)(H,33,35)/t18-,20+,21+/m0/s1. The zero-order valence-electron chi connectivity index (χ0n) is 20.9. The van der Waals surface area contributed by atoms with E-state index in [2.05, 4.69) is 25.6 Å². The van der Waals surface area contributed by atoms with E-state index in [0.717, 1.165) is 16.9 Å². The lowest BCUT2D eigenvalue weighted by atomic mass is 9.89. The van der Waals surface area contributed by atoms with Gasteiger partial charge < -0.3 is 20.4 Å². The zero-order valence-corrected chi connectivity index (χ0v) is 20.9. The second-order valence-electron chi connectivity index (χ2n) is 10.1. The Bertz CT molecular complexity index is 1300. The van der Waals surface area contributed by atoms with E-state index in [-0.39, 0.29) is 24.3 Å². The lowest BCUT2D eigenvalue weighted by molar-refractivity contribution is -0.120. The molecule has 1 aromatic carbocycles. The van der Waals surface area contributed by atoms with Gasteiger partial charge in [0.1, 0.15) is 29.5 Å². The third kappa shape index (κ3) is 5.05. The van der Waals surface area contributed by atoms with Crippen LogP contribution in [0.25, 0.3) is 22.3 Å². The molecule has 0 spiro atoms. The van der Waals surface area contributed by atoms with E-state index in [9.17, 15) is 14.0 Å². The second kappa shape index (κ2) is 9.87. The Morgan fingerprint density at radius 1 is 1.14 bits per heavy atom. The van der Waals surface area contributed by atoms with Crippen LogP contribution < -0.4 is 15.4 Å². The molecular weight excluding hydrogens is 461 g/mol. The predicted molar refractivity (Wildman–Crippen MR) is 135 cm³/mol. The number of alkyl halides is 1. The minimum Gasteiger partial charge on any atom is -0.493 e. The third-order valence-electron chi connectivity index (χ3n) is 7.06. The number of carbonyl (C=O) groups is 2. The van der Waals surface area contributed by atoms with Crippen molar-refractivity contribution in [2.45, 2.75) is 71.1 Å². The SMILES string of the molecule is CC(=O)N[C@@H]1CC[C@H](NC(=O)c2c(C)[nH]c3c(-c4cc(C)ccc4OCC4CC4)ncnc23)C[C@H]1F. The van der Waals surface area contributed by atoms with Crippen LogP contribution in [0.3, 0.4) is 0 Å². The molecule has 2 amide bonds. The van der Waals surface area contributed by atoms with Crippen molar-refractivity contribution in [1.82, 2.24) is 25.6 Å². The number of amides is 2. The molecule has 8 nitrogen and oxygen atoms in total. The number of benzene rings is 1. The Morgan fingerprint density at radius 3 is 2.67 bits per heavy atom. The van der Waals surface area contributed by atoms with Crippen LogP contribution in [0.5, 0.6) is 5.75 Å². The molecule has 2 heterocycles. The molecule has 190 valence electrons. The normalized spacial score (nSPS) is 21.8. The quantitative estimate of drug-likeness (QED) is 0.458. The van der Waals surface area contributed by atoms with Crippen LogP contribution in [0.1, 0.15) is 60.6 Å². The number of H-pyrrole nitrogens is 1. The largest absolute Gasteiger partial charge is 0.493 e. The summed E-state index contributed by atoms with van der Waals surface area (Å²) in [5.74, 6) is 0.832. The number of hydrogen-bond donors (Lipinski definition) is 3. The van der Waals surface area contributed by atoms with E-state index >= 15 is 0 Å². The van der Waals surface area contributed by atoms with Crippen molar-refractivity contribution < 1.29 is 18.7 Å². The maximum absolute atomic E-state index is 14.6. The molecule has 2 aromatic heterocycles. The number of hydrogen-bond acceptors (Lipinski definition) is 5. The molecule has 3 atom stereocenters. The molecule has 0 aliphatic heterocycles. The fraction of sp³-hybridized carbons (Fsp3) is 0.481. The van der Waals surface area contributed by atoms with Crippen molar-refractivity contribution >= 4 is 22.8 Å². The van der Waals surface area contributed by atoms with Crippen molar-refractivity contribution in [2.24, 2.45) is 5.92 Å². The molecule has 2 fully saturated rings. The lowest BCUT2D eigenvalue weighted by Crippen LogP contribution is -2.49. The van der Waals surface area contributed by atoms with Gasteiger partial charge in [-0.1, -0.05) is 11.6 Å². The van der Waals surface area contributed by atoms with Gasteiger partial charge >= 0.3 is 0 Å². The summed E-state index contributed by atoms with van der Waals surface area (Å²) in [6.07, 6.45) is 3.87. The Labute approximate surface area is 209 Å². The Balaban J connectivity index is 1.40. The molecule has 2 saturated carbocycles. The number of nitrogens with zero attached hydrogens (tertiary/aromatic N) is 2. The Morgan fingerprint density at radius 2 is 1.94 bits per heavy atom. The summed E-state index contributed by atoms with van der Waals surface area (Å²) in [6, 6.07) is 5.19. The summed E-state index contributed by atoms with van der Waals surface area (Å²) in [5, 5.41) is 5.64. The van der Waals surface area contributed by atoms with Gasteiger partial charge in [0.05, 0.1) is 23.7 Å². The first-order valence-electron chi connectivity index (χ1n) is 12.6. The van der Waals surface area contributed by atoms with Crippen LogP contribution >= 0.6 is 0 Å². The summed E-state index contributed by atoms with van der Waals surface area (Å²) in [6.45, 7) is 5.91. The minimum atomic E-state index is -1.21. The maximum Gasteiger partial charge on any atom is 0.255 e. The highest BCUT2D eigenvalue weighted by molar-refractivity contribution is 6.09. The molecule has 0 unspecified atom stereocenters. The number of fused-ring (bicyclic) bond motifs is 1. The van der Waals surface area contributed by atoms with Crippen LogP contribution in [-0.2, 0) is 4.79 Å². The van der Waals surface area contributed by atoms with Crippen molar-refractivity contribution in [1.29, 1.82) is 0 Å². The third-order valence-corrected chi connectivity index (χ3v) is 7.06. The molecule has 36 heavy (non-hydrogen) atoms. The first kappa shape index (κ1) is 24.2. The number of rotatable bonds is 7. The summed E-state index contributed by atoms with van der Waals surface area (Å²) in [5.41, 5.74) is 4.90. The minimum absolute atomic E-state index is 0.156. The molecule has 0 saturated heterocycles. The van der Waals surface area contributed by atoms with Crippen molar-refractivity contribution in [3.63, 3.8) is 0 Å². The maximum atomic E-state index is 14.6. The molecule has 0 radical (unpaired) electrons. The molecule has 3 N–H and O–H groups in total. The summed E-state index contributed by atoms with van der Waals surface area (Å²) in [4.78, 5) is 36.9.